The van der Waals surface area contributed by atoms with Crippen LogP contribution in [0.2, 0.25) is 0 Å². The van der Waals surface area contributed by atoms with Gasteiger partial charge in [0.15, 0.2) is 0 Å². The predicted octanol–water partition coefficient (Wildman–Crippen LogP) is 0.752. The average Bonchev–Trinajstić information content (AvgIpc) is 2.92. The van der Waals surface area contributed by atoms with E-state index < -0.39 is 17.9 Å². The van der Waals surface area contributed by atoms with Gasteiger partial charge in [-0.3, -0.25) is 9.80 Å². The third-order valence-corrected chi connectivity index (χ3v) is 5.87. The fourth-order valence-corrected chi connectivity index (χ4v) is 3.86. The number of hydrogen-bond donors (Lipinski definition) is 2. The van der Waals surface area contributed by atoms with E-state index in [0.29, 0.717) is 90.3 Å². The van der Waals surface area contributed by atoms with Crippen molar-refractivity contribution < 1.29 is 38.7 Å². The molecule has 2 aromatic heterocycles. The van der Waals surface area contributed by atoms with E-state index in [0.717, 1.165) is 0 Å². The van der Waals surface area contributed by atoms with Crippen molar-refractivity contribution in [1.82, 2.24) is 19.8 Å². The van der Waals surface area contributed by atoms with Gasteiger partial charge in [0.25, 0.3) is 0 Å². The first-order chi connectivity index (χ1) is 18.9. The topological polar surface area (TPSA) is 144 Å². The second-order valence-corrected chi connectivity index (χ2v) is 8.90. The normalized spacial score (nSPS) is 20.1. The number of carboxylic acids is 2. The number of rotatable bonds is 6. The molecule has 3 rings (SSSR count). The first-order valence-corrected chi connectivity index (χ1v) is 12.8. The molecular weight excluding hydrogens is 507 g/mol. The van der Waals surface area contributed by atoms with Gasteiger partial charge in [0, 0.05) is 45.3 Å². The van der Waals surface area contributed by atoms with Crippen LogP contribution in [-0.2, 0) is 32.0 Å². The molecule has 1 saturated heterocycles. The first kappa shape index (κ1) is 30.6. The highest BCUT2D eigenvalue weighted by molar-refractivity contribution is 6.11. The molecule has 0 saturated carbocycles. The van der Waals surface area contributed by atoms with Crippen LogP contribution in [0.25, 0.3) is 0 Å². The summed E-state index contributed by atoms with van der Waals surface area (Å²) in [6, 6.07) is 9.25. The maximum absolute atomic E-state index is 11.3. The Balaban J connectivity index is 1.52. The molecule has 12 nitrogen and oxygen atoms in total. The number of pyridine rings is 2. The smallest absolute Gasteiger partial charge is 0.354 e. The summed E-state index contributed by atoms with van der Waals surface area (Å²) in [6.45, 7) is 5.92. The zero-order chi connectivity index (χ0) is 27.9. The molecule has 2 aromatic rings. The molecule has 0 bridgehead atoms. The van der Waals surface area contributed by atoms with Gasteiger partial charge >= 0.3 is 11.9 Å². The van der Waals surface area contributed by atoms with E-state index in [2.05, 4.69) is 19.8 Å². The van der Waals surface area contributed by atoms with Crippen molar-refractivity contribution in [3.8, 4) is 0 Å². The minimum atomic E-state index is -1.07. The molecule has 1 aliphatic heterocycles. The molecule has 1 unspecified atom stereocenters. The Hall–Kier alpha value is -2.94. The molecule has 1 fully saturated rings. The lowest BCUT2D eigenvalue weighted by atomic mass is 10.0. The lowest BCUT2D eigenvalue weighted by Gasteiger charge is -2.25. The van der Waals surface area contributed by atoms with Gasteiger partial charge in [0.1, 0.15) is 19.2 Å². The van der Waals surface area contributed by atoms with E-state index in [1.54, 1.807) is 24.3 Å². The monoisotopic (exact) mass is 542 g/mol. The van der Waals surface area contributed by atoms with Gasteiger partial charge in [-0.05, 0) is 24.3 Å². The van der Waals surface area contributed by atoms with Crippen molar-refractivity contribution in [2.24, 2.45) is 0 Å². The molecule has 3 heterocycles. The van der Waals surface area contributed by atoms with E-state index in [1.807, 2.05) is 0 Å². The summed E-state index contributed by atoms with van der Waals surface area (Å²) in [4.78, 5) is 35.1. The largest absolute Gasteiger partial charge is 0.477 e. The van der Waals surface area contributed by atoms with Crippen LogP contribution < -0.4 is 0 Å². The Bertz CT molecular complexity index is 1050. The maximum Gasteiger partial charge on any atom is 0.354 e. The van der Waals surface area contributed by atoms with Crippen LogP contribution >= 0.6 is 0 Å². The van der Waals surface area contributed by atoms with Gasteiger partial charge in [-0.1, -0.05) is 12.1 Å². The Labute approximate surface area is 229 Å². The number of carboxylic acid groups (broad SMARTS) is 2. The summed E-state index contributed by atoms with van der Waals surface area (Å²) < 4.78 is 23.0. The van der Waals surface area contributed by atoms with Gasteiger partial charge in [-0.25, -0.2) is 19.6 Å². The van der Waals surface area contributed by atoms with Crippen molar-refractivity contribution in [3.05, 3.63) is 59.2 Å². The van der Waals surface area contributed by atoms with Gasteiger partial charge in [-0.15, -0.1) is 0 Å². The number of aromatic carboxylic acids is 2. The highest BCUT2D eigenvalue weighted by Gasteiger charge is 2.13. The molecule has 0 aliphatic carbocycles. The molecule has 0 amide bonds. The predicted molar refractivity (Wildman–Crippen MR) is 141 cm³/mol. The van der Waals surface area contributed by atoms with Crippen LogP contribution in [0, 0.1) is 0 Å². The van der Waals surface area contributed by atoms with Crippen LogP contribution in [0.1, 0.15) is 32.4 Å². The molecule has 1 atom stereocenters. The lowest BCUT2D eigenvalue weighted by Crippen LogP contribution is -2.34. The van der Waals surface area contributed by atoms with Crippen molar-refractivity contribution in [1.29, 1.82) is 0 Å². The van der Waals surface area contributed by atoms with Crippen molar-refractivity contribution in [2.45, 2.75) is 19.1 Å². The summed E-state index contributed by atoms with van der Waals surface area (Å²) in [5.41, 5.74) is 1.30. The third kappa shape index (κ3) is 11.8. The Morgan fingerprint density at radius 3 is 1.69 bits per heavy atom. The molecule has 39 heavy (non-hydrogen) atoms. The van der Waals surface area contributed by atoms with Crippen LogP contribution in [0.5, 0.6) is 0 Å². The molecule has 2 N–H and O–H groups in total. The standard InChI is InChI=1S/C26H35BN4O8/c27-24-19-38-13-9-30(17-20-3-1-5-22(28-20)25(32)33)7-11-36-15-16-37-12-8-31(10-14-39-24)18-21-4-2-6-23(29-21)26(34)35/h1-6,24H,7-19H2,(H,32,33)(H,34,35). The number of hydrogen-bond acceptors (Lipinski definition) is 10. The van der Waals surface area contributed by atoms with Crippen molar-refractivity contribution in [2.75, 3.05) is 72.4 Å². The lowest BCUT2D eigenvalue weighted by molar-refractivity contribution is -0.00495. The van der Waals surface area contributed by atoms with Crippen LogP contribution in [-0.4, -0.2) is 128 Å². The maximum atomic E-state index is 11.3. The van der Waals surface area contributed by atoms with E-state index in [1.165, 1.54) is 12.1 Å². The van der Waals surface area contributed by atoms with Gasteiger partial charge in [0.2, 0.25) is 0 Å². The molecule has 1 aliphatic rings. The molecular formula is C26H35BN4O8. The van der Waals surface area contributed by atoms with Crippen LogP contribution in [0.3, 0.4) is 0 Å². The van der Waals surface area contributed by atoms with Gasteiger partial charge in [-0.2, -0.15) is 0 Å². The number of ether oxygens (including phenoxy) is 4. The summed E-state index contributed by atoms with van der Waals surface area (Å²) in [7, 11) is 6.07. The highest BCUT2D eigenvalue weighted by Crippen LogP contribution is 2.07. The van der Waals surface area contributed by atoms with E-state index in [9.17, 15) is 19.8 Å². The van der Waals surface area contributed by atoms with Crippen molar-refractivity contribution in [3.63, 3.8) is 0 Å². The summed E-state index contributed by atoms with van der Waals surface area (Å²) in [6.07, 6.45) is 0. The molecule has 2 radical (unpaired) electrons. The summed E-state index contributed by atoms with van der Waals surface area (Å²) in [5, 5.41) is 18.4. The molecule has 0 aromatic carbocycles. The Kier molecular flexibility index (Phi) is 13.3. The summed E-state index contributed by atoms with van der Waals surface area (Å²) >= 11 is 0. The Morgan fingerprint density at radius 2 is 1.21 bits per heavy atom. The zero-order valence-corrected chi connectivity index (χ0v) is 21.9. The third-order valence-electron chi connectivity index (χ3n) is 5.87. The van der Waals surface area contributed by atoms with Crippen LogP contribution in [0.4, 0.5) is 0 Å². The molecule has 13 heteroatoms. The molecule has 210 valence electrons. The SMILES string of the molecule is [B]C1COCCN(Cc2cccc(C(=O)O)n2)CCOCCOCCN(Cc2cccc(C(=O)O)n2)CCO1. The number of nitrogens with zero attached hydrogens (tertiary/aromatic N) is 4. The van der Waals surface area contributed by atoms with Crippen LogP contribution in [0.15, 0.2) is 36.4 Å². The molecule has 0 spiro atoms. The fourth-order valence-electron chi connectivity index (χ4n) is 3.86. The summed E-state index contributed by atoms with van der Waals surface area (Å²) in [5.74, 6) is -2.13. The van der Waals surface area contributed by atoms with Gasteiger partial charge < -0.3 is 29.2 Å². The van der Waals surface area contributed by atoms with Gasteiger partial charge in [0.05, 0.1) is 57.6 Å². The minimum absolute atomic E-state index is 0.00122. The van der Waals surface area contributed by atoms with Crippen molar-refractivity contribution >= 4 is 19.8 Å². The highest BCUT2D eigenvalue weighted by atomic mass is 16.5. The van der Waals surface area contributed by atoms with E-state index in [4.69, 9.17) is 26.8 Å². The second kappa shape index (κ2) is 16.9. The first-order valence-electron chi connectivity index (χ1n) is 12.8. The number of carbonyl (C=O) groups is 2. The van der Waals surface area contributed by atoms with E-state index in [-0.39, 0.29) is 18.0 Å². The number of aromatic nitrogens is 2. The minimum Gasteiger partial charge on any atom is -0.477 e. The Morgan fingerprint density at radius 1 is 0.744 bits per heavy atom. The van der Waals surface area contributed by atoms with E-state index >= 15 is 0 Å². The average molecular weight is 542 g/mol. The second-order valence-electron chi connectivity index (χ2n) is 8.90. The fraction of sp³-hybridized carbons (Fsp3) is 0.538. The quantitative estimate of drug-likeness (QED) is 0.497. The zero-order valence-electron chi connectivity index (χ0n) is 21.9.